The van der Waals surface area contributed by atoms with Crippen LogP contribution in [-0.4, -0.2) is 22.6 Å². The third kappa shape index (κ3) is 3.46. The molecule has 8 heteroatoms. The molecule has 0 bridgehead atoms. The first-order valence-electron chi connectivity index (χ1n) is 9.99. The lowest BCUT2D eigenvalue weighted by Crippen LogP contribution is -2.26. The Kier molecular flexibility index (Phi) is 4.94. The van der Waals surface area contributed by atoms with Crippen LogP contribution in [0, 0.1) is 5.82 Å². The van der Waals surface area contributed by atoms with Crippen molar-refractivity contribution >= 4 is 27.5 Å². The SMILES string of the molecule is COC(=O)c1ccc(Cn2c(Cc3ccccc3F)nc3sc4c(c3c2=O)CCC4)o1. The predicted molar refractivity (Wildman–Crippen MR) is 114 cm³/mol. The molecule has 0 aliphatic heterocycles. The van der Waals surface area contributed by atoms with E-state index >= 15 is 0 Å². The van der Waals surface area contributed by atoms with Crippen molar-refractivity contribution < 1.29 is 18.3 Å². The van der Waals surface area contributed by atoms with Gasteiger partial charge in [-0.2, -0.15) is 0 Å². The maximum absolute atomic E-state index is 14.3. The number of rotatable bonds is 5. The molecule has 0 saturated carbocycles. The molecule has 1 aliphatic rings. The molecule has 5 rings (SSSR count). The largest absolute Gasteiger partial charge is 0.463 e. The minimum absolute atomic E-state index is 0.0617. The van der Waals surface area contributed by atoms with Crippen molar-refractivity contribution in [2.75, 3.05) is 7.11 Å². The number of ether oxygens (including phenoxy) is 1. The predicted octanol–water partition coefficient (Wildman–Crippen LogP) is 4.10. The van der Waals surface area contributed by atoms with E-state index < -0.39 is 5.97 Å². The lowest BCUT2D eigenvalue weighted by atomic mass is 10.1. The van der Waals surface area contributed by atoms with Crippen molar-refractivity contribution in [3.8, 4) is 0 Å². The van der Waals surface area contributed by atoms with E-state index in [4.69, 9.17) is 9.40 Å². The van der Waals surface area contributed by atoms with Gasteiger partial charge >= 0.3 is 5.97 Å². The van der Waals surface area contributed by atoms with Gasteiger partial charge in [-0.3, -0.25) is 9.36 Å². The first-order chi connectivity index (χ1) is 15.0. The molecule has 4 aromatic rings. The fourth-order valence-electron chi connectivity index (χ4n) is 4.06. The number of nitrogens with zero attached hydrogens (tertiary/aromatic N) is 2. The van der Waals surface area contributed by atoms with Crippen LogP contribution in [0.25, 0.3) is 10.2 Å². The van der Waals surface area contributed by atoms with Gasteiger partial charge in [0.1, 0.15) is 22.2 Å². The molecule has 0 unspecified atom stereocenters. The third-order valence-corrected chi connectivity index (χ3v) is 6.76. The molecule has 1 aromatic carbocycles. The summed E-state index contributed by atoms with van der Waals surface area (Å²) in [6.07, 6.45) is 3.03. The second kappa shape index (κ2) is 7.77. The molecule has 158 valence electrons. The second-order valence-electron chi connectivity index (χ2n) is 7.48. The number of carbonyl (C=O) groups excluding carboxylic acids is 1. The summed E-state index contributed by atoms with van der Waals surface area (Å²) >= 11 is 1.55. The fourth-order valence-corrected chi connectivity index (χ4v) is 5.33. The molecular formula is C23H19FN2O4S. The first-order valence-corrected chi connectivity index (χ1v) is 10.8. The number of carbonyl (C=O) groups is 1. The van der Waals surface area contributed by atoms with Crippen molar-refractivity contribution in [2.24, 2.45) is 0 Å². The van der Waals surface area contributed by atoms with Crippen LogP contribution in [0.4, 0.5) is 4.39 Å². The number of fused-ring (bicyclic) bond motifs is 3. The quantitative estimate of drug-likeness (QED) is 0.439. The molecular weight excluding hydrogens is 419 g/mol. The molecule has 0 atom stereocenters. The van der Waals surface area contributed by atoms with E-state index in [1.54, 1.807) is 35.6 Å². The van der Waals surface area contributed by atoms with E-state index in [1.165, 1.54) is 28.7 Å². The highest BCUT2D eigenvalue weighted by Crippen LogP contribution is 2.35. The molecule has 1 aliphatic carbocycles. The van der Waals surface area contributed by atoms with Crippen LogP contribution in [0.1, 0.15) is 44.6 Å². The zero-order chi connectivity index (χ0) is 21.5. The molecule has 6 nitrogen and oxygen atoms in total. The maximum Gasteiger partial charge on any atom is 0.373 e. The van der Waals surface area contributed by atoms with Crippen LogP contribution in [0.3, 0.4) is 0 Å². The van der Waals surface area contributed by atoms with Gasteiger partial charge in [-0.1, -0.05) is 18.2 Å². The van der Waals surface area contributed by atoms with E-state index in [0.717, 1.165) is 24.8 Å². The van der Waals surface area contributed by atoms with Crippen LogP contribution in [-0.2, 0) is 30.5 Å². The highest BCUT2D eigenvalue weighted by Gasteiger charge is 2.24. The molecule has 0 amide bonds. The topological polar surface area (TPSA) is 74.3 Å². The lowest BCUT2D eigenvalue weighted by Gasteiger charge is -2.12. The van der Waals surface area contributed by atoms with E-state index in [9.17, 15) is 14.0 Å². The zero-order valence-electron chi connectivity index (χ0n) is 16.8. The van der Waals surface area contributed by atoms with Crippen molar-refractivity contribution in [1.82, 2.24) is 9.55 Å². The van der Waals surface area contributed by atoms with Gasteiger partial charge < -0.3 is 9.15 Å². The van der Waals surface area contributed by atoms with Crippen molar-refractivity contribution in [2.45, 2.75) is 32.2 Å². The Morgan fingerprint density at radius 2 is 2.10 bits per heavy atom. The maximum atomic E-state index is 14.3. The first kappa shape index (κ1) is 19.7. The van der Waals surface area contributed by atoms with Gasteiger partial charge in [-0.05, 0) is 48.6 Å². The summed E-state index contributed by atoms with van der Waals surface area (Å²) in [4.78, 5) is 32.0. The fraction of sp³-hybridized carbons (Fsp3) is 0.261. The summed E-state index contributed by atoms with van der Waals surface area (Å²) < 4.78 is 26.1. The van der Waals surface area contributed by atoms with Crippen molar-refractivity contribution in [3.63, 3.8) is 0 Å². The van der Waals surface area contributed by atoms with Crippen LogP contribution < -0.4 is 5.56 Å². The molecule has 0 N–H and O–H groups in total. The Morgan fingerprint density at radius 3 is 2.90 bits per heavy atom. The zero-order valence-corrected chi connectivity index (χ0v) is 17.6. The summed E-state index contributed by atoms with van der Waals surface area (Å²) in [5.41, 5.74) is 1.38. The lowest BCUT2D eigenvalue weighted by molar-refractivity contribution is 0.0563. The van der Waals surface area contributed by atoms with Crippen LogP contribution in [0.5, 0.6) is 0 Å². The minimum atomic E-state index is -0.589. The number of furan rings is 1. The number of esters is 1. The van der Waals surface area contributed by atoms with Gasteiger partial charge in [0, 0.05) is 11.3 Å². The summed E-state index contributed by atoms with van der Waals surface area (Å²) in [6.45, 7) is 0.0904. The highest BCUT2D eigenvalue weighted by atomic mass is 32.1. The Morgan fingerprint density at radius 1 is 1.26 bits per heavy atom. The molecule has 3 heterocycles. The van der Waals surface area contributed by atoms with Crippen LogP contribution in [0.15, 0.2) is 45.6 Å². The summed E-state index contributed by atoms with van der Waals surface area (Å²) in [7, 11) is 1.27. The average Bonchev–Trinajstić information content (AvgIpc) is 3.48. The molecule has 3 aromatic heterocycles. The average molecular weight is 438 g/mol. The molecule has 0 radical (unpaired) electrons. The number of halogens is 1. The Bertz CT molecular complexity index is 1370. The molecule has 0 saturated heterocycles. The number of hydrogen-bond donors (Lipinski definition) is 0. The number of thiophene rings is 1. The van der Waals surface area contributed by atoms with Crippen LogP contribution in [0.2, 0.25) is 0 Å². The Balaban J connectivity index is 1.64. The molecule has 0 spiro atoms. The monoisotopic (exact) mass is 438 g/mol. The van der Waals surface area contributed by atoms with Crippen molar-refractivity contribution in [1.29, 1.82) is 0 Å². The van der Waals surface area contributed by atoms with Gasteiger partial charge in [0.15, 0.2) is 0 Å². The summed E-state index contributed by atoms with van der Waals surface area (Å²) in [6, 6.07) is 9.61. The van der Waals surface area contributed by atoms with Crippen LogP contribution >= 0.6 is 11.3 Å². The van der Waals surface area contributed by atoms with Gasteiger partial charge in [-0.15, -0.1) is 11.3 Å². The minimum Gasteiger partial charge on any atom is -0.463 e. The second-order valence-corrected chi connectivity index (χ2v) is 8.57. The number of benzene rings is 1. The van der Waals surface area contributed by atoms with E-state index in [1.807, 2.05) is 0 Å². The van der Waals surface area contributed by atoms with Gasteiger partial charge in [0.25, 0.3) is 5.56 Å². The number of hydrogen-bond acceptors (Lipinski definition) is 6. The van der Waals surface area contributed by atoms with E-state index in [0.29, 0.717) is 27.4 Å². The Hall–Kier alpha value is -3.26. The van der Waals surface area contributed by atoms with Gasteiger partial charge in [0.2, 0.25) is 5.76 Å². The summed E-state index contributed by atoms with van der Waals surface area (Å²) in [5, 5.41) is 0.648. The van der Waals surface area contributed by atoms with Gasteiger partial charge in [-0.25, -0.2) is 14.2 Å². The standard InChI is InChI=1S/C23H19FN2O4S/c1-29-23(28)17-10-9-14(30-17)12-26-19(11-13-5-2-3-7-16(13)24)25-21-20(22(26)27)15-6-4-8-18(15)31-21/h2-3,5,7,9-10H,4,6,8,11-12H2,1H3. The van der Waals surface area contributed by atoms with Crippen molar-refractivity contribution in [3.05, 3.63) is 85.9 Å². The van der Waals surface area contributed by atoms with Gasteiger partial charge in [0.05, 0.1) is 19.0 Å². The smallest absolute Gasteiger partial charge is 0.373 e. The number of aromatic nitrogens is 2. The number of methoxy groups -OCH3 is 1. The van der Waals surface area contributed by atoms with E-state index in [2.05, 4.69) is 4.74 Å². The highest BCUT2D eigenvalue weighted by molar-refractivity contribution is 7.18. The van der Waals surface area contributed by atoms with E-state index in [-0.39, 0.29) is 30.1 Å². The molecule has 0 fully saturated rings. The summed E-state index contributed by atoms with van der Waals surface area (Å²) in [5.74, 6) is 0.00738. The Labute approximate surface area is 180 Å². The third-order valence-electron chi connectivity index (χ3n) is 5.57. The normalized spacial score (nSPS) is 13.0. The molecule has 31 heavy (non-hydrogen) atoms. The number of aryl methyl sites for hydroxylation is 2.